The van der Waals surface area contributed by atoms with Gasteiger partial charge >= 0.3 is 0 Å². The van der Waals surface area contributed by atoms with Gasteiger partial charge in [-0.2, -0.15) is 0 Å². The average molecular weight is 381 g/mol. The van der Waals surface area contributed by atoms with Gasteiger partial charge < -0.3 is 15.0 Å². The number of nitrogens with one attached hydrogen (secondary N) is 1. The highest BCUT2D eigenvalue weighted by atomic mass is 35.5. The van der Waals surface area contributed by atoms with Gasteiger partial charge in [0.05, 0.1) is 0 Å². The number of carbonyl (C=O) groups is 2. The number of ether oxygens (including phenoxy) is 1. The first-order chi connectivity index (χ1) is 12.0. The van der Waals surface area contributed by atoms with Crippen LogP contribution in [0.25, 0.3) is 0 Å². The van der Waals surface area contributed by atoms with Crippen molar-refractivity contribution >= 4 is 40.7 Å². The lowest BCUT2D eigenvalue weighted by molar-refractivity contribution is -0.123. The van der Waals surface area contributed by atoms with Crippen molar-refractivity contribution in [2.24, 2.45) is 0 Å². The Balaban J connectivity index is 1.79. The van der Waals surface area contributed by atoms with Gasteiger partial charge in [0.15, 0.2) is 6.61 Å². The van der Waals surface area contributed by atoms with Crippen molar-refractivity contribution in [3.63, 3.8) is 0 Å². The monoisotopic (exact) mass is 380 g/mol. The van der Waals surface area contributed by atoms with Gasteiger partial charge in [0.2, 0.25) is 5.91 Å². The van der Waals surface area contributed by atoms with Crippen LogP contribution in [0.3, 0.4) is 0 Å². The van der Waals surface area contributed by atoms with Crippen LogP contribution < -0.4 is 15.0 Å². The number of amides is 2. The molecule has 0 spiro atoms. The van der Waals surface area contributed by atoms with E-state index in [1.807, 2.05) is 0 Å². The zero-order chi connectivity index (χ0) is 18.2. The third-order valence-corrected chi connectivity index (χ3v) is 3.86. The lowest BCUT2D eigenvalue weighted by Gasteiger charge is -2.21. The second-order valence-corrected chi connectivity index (χ2v) is 6.11. The van der Waals surface area contributed by atoms with Gasteiger partial charge in [0.1, 0.15) is 5.75 Å². The molecule has 0 atom stereocenters. The first kappa shape index (κ1) is 19.1. The number of hydrogen-bond donors (Lipinski definition) is 1. The summed E-state index contributed by atoms with van der Waals surface area (Å²) in [6.45, 7) is 2.03. The molecule has 2 aromatic rings. The molecule has 0 radical (unpaired) electrons. The van der Waals surface area contributed by atoms with Crippen LogP contribution in [0.1, 0.15) is 6.92 Å². The Morgan fingerprint density at radius 2 is 1.56 bits per heavy atom. The number of carbonyl (C=O) groups excluding carboxylic acids is 2. The third-order valence-electron chi connectivity index (χ3n) is 3.36. The lowest BCUT2D eigenvalue weighted by Crippen LogP contribution is -2.39. The lowest BCUT2D eigenvalue weighted by atomic mass is 10.3. The molecular weight excluding hydrogens is 363 g/mol. The summed E-state index contributed by atoms with van der Waals surface area (Å²) in [6.07, 6.45) is 0. The standard InChI is InChI=1S/C18H18Cl2N2O3/c1-13(23)22(16-6-2-14(19)3-7-16)11-10-21-18(24)12-25-17-8-4-15(20)5-9-17/h2-9H,10-12H2,1H3,(H,21,24). The Labute approximate surface area is 156 Å². The maximum absolute atomic E-state index is 11.8. The van der Waals surface area contributed by atoms with Crippen LogP contribution in [0.4, 0.5) is 5.69 Å². The molecule has 0 aromatic heterocycles. The SMILES string of the molecule is CC(=O)N(CCNC(=O)COc1ccc(Cl)cc1)c1ccc(Cl)cc1. The summed E-state index contributed by atoms with van der Waals surface area (Å²) in [5.74, 6) is 0.176. The molecule has 0 aliphatic carbocycles. The Morgan fingerprint density at radius 3 is 2.12 bits per heavy atom. The molecule has 2 amide bonds. The molecule has 25 heavy (non-hydrogen) atoms. The van der Waals surface area contributed by atoms with Crippen LogP contribution >= 0.6 is 23.2 Å². The molecule has 0 unspecified atom stereocenters. The van der Waals surface area contributed by atoms with E-state index in [4.69, 9.17) is 27.9 Å². The van der Waals surface area contributed by atoms with Crippen molar-refractivity contribution in [3.05, 3.63) is 58.6 Å². The Hall–Kier alpha value is -2.24. The molecular formula is C18H18Cl2N2O3. The highest BCUT2D eigenvalue weighted by molar-refractivity contribution is 6.30. The summed E-state index contributed by atoms with van der Waals surface area (Å²) >= 11 is 11.6. The van der Waals surface area contributed by atoms with E-state index in [-0.39, 0.29) is 18.4 Å². The molecule has 0 saturated carbocycles. The van der Waals surface area contributed by atoms with Crippen molar-refractivity contribution in [1.82, 2.24) is 5.32 Å². The fourth-order valence-electron chi connectivity index (χ4n) is 2.13. The molecule has 2 aromatic carbocycles. The van der Waals surface area contributed by atoms with E-state index in [0.717, 1.165) is 5.69 Å². The summed E-state index contributed by atoms with van der Waals surface area (Å²) in [6, 6.07) is 13.7. The largest absolute Gasteiger partial charge is 0.484 e. The van der Waals surface area contributed by atoms with Gasteiger partial charge in [-0.25, -0.2) is 0 Å². The molecule has 132 valence electrons. The van der Waals surface area contributed by atoms with E-state index in [0.29, 0.717) is 28.9 Å². The predicted octanol–water partition coefficient (Wildman–Crippen LogP) is 3.54. The number of halogens is 2. The first-order valence-corrected chi connectivity index (χ1v) is 8.40. The van der Waals surface area contributed by atoms with Crippen LogP contribution in [0.15, 0.2) is 48.5 Å². The van der Waals surface area contributed by atoms with Gasteiger partial charge in [-0.1, -0.05) is 23.2 Å². The summed E-state index contributed by atoms with van der Waals surface area (Å²) in [5.41, 5.74) is 0.726. The maximum Gasteiger partial charge on any atom is 0.258 e. The van der Waals surface area contributed by atoms with Crippen LogP contribution in [0, 0.1) is 0 Å². The summed E-state index contributed by atoms with van der Waals surface area (Å²) in [7, 11) is 0. The topological polar surface area (TPSA) is 58.6 Å². The zero-order valence-corrected chi connectivity index (χ0v) is 15.2. The first-order valence-electron chi connectivity index (χ1n) is 7.64. The van der Waals surface area contributed by atoms with Gasteiger partial charge in [0.25, 0.3) is 5.91 Å². The molecule has 5 nitrogen and oxygen atoms in total. The number of rotatable bonds is 7. The molecule has 0 saturated heterocycles. The van der Waals surface area contributed by atoms with E-state index in [1.165, 1.54) is 6.92 Å². The second kappa shape index (κ2) is 9.30. The number of benzene rings is 2. The molecule has 0 heterocycles. The molecule has 0 aliphatic heterocycles. The van der Waals surface area contributed by atoms with E-state index < -0.39 is 0 Å². The molecule has 2 rings (SSSR count). The average Bonchev–Trinajstić information content (AvgIpc) is 2.59. The summed E-state index contributed by atoms with van der Waals surface area (Å²) in [4.78, 5) is 25.2. The van der Waals surface area contributed by atoms with E-state index >= 15 is 0 Å². The Kier molecular flexibility index (Phi) is 7.10. The summed E-state index contributed by atoms with van der Waals surface area (Å²) in [5, 5.41) is 3.92. The molecule has 7 heteroatoms. The quantitative estimate of drug-likeness (QED) is 0.798. The minimum atomic E-state index is -0.269. The minimum absolute atomic E-state index is 0.108. The summed E-state index contributed by atoms with van der Waals surface area (Å²) < 4.78 is 5.36. The maximum atomic E-state index is 11.8. The van der Waals surface area contributed by atoms with Gasteiger partial charge in [-0.15, -0.1) is 0 Å². The van der Waals surface area contributed by atoms with Crippen LogP contribution in [0.5, 0.6) is 5.75 Å². The predicted molar refractivity (Wildman–Crippen MR) is 99.4 cm³/mol. The number of anilines is 1. The van der Waals surface area contributed by atoms with E-state index in [9.17, 15) is 9.59 Å². The van der Waals surface area contributed by atoms with Crippen molar-refractivity contribution < 1.29 is 14.3 Å². The van der Waals surface area contributed by atoms with Gasteiger partial charge in [0, 0.05) is 35.7 Å². The number of hydrogen-bond acceptors (Lipinski definition) is 3. The van der Waals surface area contributed by atoms with E-state index in [1.54, 1.807) is 53.4 Å². The zero-order valence-electron chi connectivity index (χ0n) is 13.7. The van der Waals surface area contributed by atoms with Crippen LogP contribution in [-0.4, -0.2) is 31.5 Å². The minimum Gasteiger partial charge on any atom is -0.484 e. The molecule has 0 aliphatic rings. The van der Waals surface area contributed by atoms with Crippen molar-refractivity contribution in [2.75, 3.05) is 24.6 Å². The molecule has 0 fully saturated rings. The van der Waals surface area contributed by atoms with Gasteiger partial charge in [-0.3, -0.25) is 9.59 Å². The Morgan fingerprint density at radius 1 is 1.00 bits per heavy atom. The van der Waals surface area contributed by atoms with Crippen molar-refractivity contribution in [2.45, 2.75) is 6.92 Å². The van der Waals surface area contributed by atoms with Crippen LogP contribution in [-0.2, 0) is 9.59 Å². The fourth-order valence-corrected chi connectivity index (χ4v) is 2.38. The van der Waals surface area contributed by atoms with Crippen molar-refractivity contribution in [3.8, 4) is 5.75 Å². The number of nitrogens with zero attached hydrogens (tertiary/aromatic N) is 1. The third kappa shape index (κ3) is 6.29. The van der Waals surface area contributed by atoms with E-state index in [2.05, 4.69) is 5.32 Å². The normalized spacial score (nSPS) is 10.2. The van der Waals surface area contributed by atoms with Crippen LogP contribution in [0.2, 0.25) is 10.0 Å². The van der Waals surface area contributed by atoms with Crippen molar-refractivity contribution in [1.29, 1.82) is 0 Å². The smallest absolute Gasteiger partial charge is 0.258 e. The Bertz CT molecular complexity index is 718. The molecule has 0 bridgehead atoms. The fraction of sp³-hybridized carbons (Fsp3) is 0.222. The van der Waals surface area contributed by atoms with Gasteiger partial charge in [-0.05, 0) is 48.5 Å². The molecule has 1 N–H and O–H groups in total. The highest BCUT2D eigenvalue weighted by Gasteiger charge is 2.12. The second-order valence-electron chi connectivity index (χ2n) is 5.24. The highest BCUT2D eigenvalue weighted by Crippen LogP contribution is 2.18.